The highest BCUT2D eigenvalue weighted by molar-refractivity contribution is 7.89. The third kappa shape index (κ3) is 3.01. The zero-order valence-electron chi connectivity index (χ0n) is 13.8. The van der Waals surface area contributed by atoms with Gasteiger partial charge in [-0.15, -0.1) is 0 Å². The Kier molecular flexibility index (Phi) is 4.18. The van der Waals surface area contributed by atoms with Crippen molar-refractivity contribution in [3.05, 3.63) is 48.0 Å². The zero-order valence-corrected chi connectivity index (χ0v) is 15.4. The summed E-state index contributed by atoms with van der Waals surface area (Å²) in [5, 5.41) is 0. The molecule has 0 bridgehead atoms. The highest BCUT2D eigenvalue weighted by Gasteiger charge is 2.30. The lowest BCUT2D eigenvalue weighted by Crippen LogP contribution is -2.48. The lowest BCUT2D eigenvalue weighted by Gasteiger charge is -2.35. The van der Waals surface area contributed by atoms with E-state index >= 15 is 0 Å². The minimum absolute atomic E-state index is 0.253. The second-order valence-electron chi connectivity index (χ2n) is 6.12. The van der Waals surface area contributed by atoms with Crippen molar-refractivity contribution < 1.29 is 8.42 Å². The van der Waals surface area contributed by atoms with Crippen LogP contribution in [0.2, 0.25) is 0 Å². The minimum Gasteiger partial charge on any atom is -0.369 e. The van der Waals surface area contributed by atoms with Crippen LogP contribution in [0.15, 0.2) is 47.4 Å². The summed E-state index contributed by atoms with van der Waals surface area (Å²) >= 11 is 1.04. The maximum Gasteiger partial charge on any atom is 0.245 e. The van der Waals surface area contributed by atoms with Gasteiger partial charge < -0.3 is 4.90 Å². The van der Waals surface area contributed by atoms with Crippen molar-refractivity contribution in [2.75, 3.05) is 31.1 Å². The summed E-state index contributed by atoms with van der Waals surface area (Å²) in [5.41, 5.74) is 3.44. The van der Waals surface area contributed by atoms with Crippen LogP contribution in [0.1, 0.15) is 5.56 Å². The van der Waals surface area contributed by atoms with Gasteiger partial charge in [0.2, 0.25) is 10.0 Å². The number of rotatable bonds is 3. The van der Waals surface area contributed by atoms with Crippen LogP contribution in [0, 0.1) is 6.92 Å². The molecule has 1 aromatic heterocycles. The van der Waals surface area contributed by atoms with Gasteiger partial charge in [0.05, 0.1) is 11.7 Å². The smallest absolute Gasteiger partial charge is 0.245 e. The average molecular weight is 374 g/mol. The van der Waals surface area contributed by atoms with Crippen molar-refractivity contribution >= 4 is 38.5 Å². The molecule has 2 aromatic carbocycles. The van der Waals surface area contributed by atoms with E-state index in [1.165, 1.54) is 5.56 Å². The van der Waals surface area contributed by atoms with Gasteiger partial charge in [-0.1, -0.05) is 18.2 Å². The molecule has 0 unspecified atom stereocenters. The molecule has 0 aliphatic carbocycles. The number of aromatic nitrogens is 2. The van der Waals surface area contributed by atoms with E-state index in [4.69, 9.17) is 0 Å². The maximum atomic E-state index is 13.0. The molecule has 25 heavy (non-hydrogen) atoms. The molecule has 0 radical (unpaired) electrons. The molecule has 0 N–H and O–H groups in total. The Labute approximate surface area is 151 Å². The van der Waals surface area contributed by atoms with E-state index in [9.17, 15) is 8.42 Å². The first-order chi connectivity index (χ1) is 12.1. The van der Waals surface area contributed by atoms with Gasteiger partial charge >= 0.3 is 0 Å². The number of nitrogens with zero attached hydrogens (tertiary/aromatic N) is 4. The largest absolute Gasteiger partial charge is 0.369 e. The van der Waals surface area contributed by atoms with Gasteiger partial charge in [-0.3, -0.25) is 0 Å². The van der Waals surface area contributed by atoms with Crippen molar-refractivity contribution in [3.8, 4) is 0 Å². The van der Waals surface area contributed by atoms with E-state index in [2.05, 4.69) is 38.8 Å². The molecular weight excluding hydrogens is 356 g/mol. The molecular formula is C17H18N4O2S2. The molecule has 0 atom stereocenters. The van der Waals surface area contributed by atoms with E-state index in [-0.39, 0.29) is 4.90 Å². The number of anilines is 1. The predicted molar refractivity (Wildman–Crippen MR) is 99.6 cm³/mol. The standard InChI is InChI=1S/C17H18N4O2S2/c1-13-4-2-5-14(12-13)20-8-10-21(11-9-20)25(22,23)16-7-3-6-15-17(16)19-24-18-15/h2-7,12H,8-11H2,1H3. The monoisotopic (exact) mass is 374 g/mol. The van der Waals surface area contributed by atoms with Gasteiger partial charge in [-0.05, 0) is 36.8 Å². The van der Waals surface area contributed by atoms with E-state index in [0.29, 0.717) is 37.2 Å². The zero-order chi connectivity index (χ0) is 17.4. The fraction of sp³-hybridized carbons (Fsp3) is 0.294. The number of aryl methyl sites for hydroxylation is 1. The Morgan fingerprint density at radius 3 is 2.52 bits per heavy atom. The van der Waals surface area contributed by atoms with Crippen LogP contribution >= 0.6 is 11.7 Å². The van der Waals surface area contributed by atoms with Gasteiger partial charge in [-0.25, -0.2) is 8.42 Å². The molecule has 2 heterocycles. The van der Waals surface area contributed by atoms with Crippen LogP contribution in [0.25, 0.3) is 11.0 Å². The number of hydrogen-bond donors (Lipinski definition) is 0. The van der Waals surface area contributed by atoms with E-state index in [0.717, 1.165) is 17.4 Å². The Hall–Kier alpha value is -2.03. The Balaban J connectivity index is 1.56. The molecule has 1 aliphatic heterocycles. The molecule has 130 valence electrons. The molecule has 3 aromatic rings. The van der Waals surface area contributed by atoms with Crippen LogP contribution in [0.3, 0.4) is 0 Å². The summed E-state index contributed by atoms with van der Waals surface area (Å²) in [6, 6.07) is 13.4. The van der Waals surface area contributed by atoms with Crippen LogP contribution < -0.4 is 4.90 Å². The summed E-state index contributed by atoms with van der Waals surface area (Å²) in [4.78, 5) is 2.48. The summed E-state index contributed by atoms with van der Waals surface area (Å²) in [7, 11) is -3.56. The Morgan fingerprint density at radius 1 is 1.00 bits per heavy atom. The van der Waals surface area contributed by atoms with Gasteiger partial charge in [0.25, 0.3) is 0 Å². The Bertz CT molecular complexity index is 1010. The number of fused-ring (bicyclic) bond motifs is 1. The molecule has 1 saturated heterocycles. The van der Waals surface area contributed by atoms with E-state index < -0.39 is 10.0 Å². The second kappa shape index (κ2) is 6.36. The van der Waals surface area contributed by atoms with Gasteiger partial charge in [0.1, 0.15) is 15.9 Å². The fourth-order valence-corrected chi connectivity index (χ4v) is 5.31. The van der Waals surface area contributed by atoms with Gasteiger partial charge in [-0.2, -0.15) is 13.1 Å². The molecule has 0 spiro atoms. The highest BCUT2D eigenvalue weighted by atomic mass is 32.2. The van der Waals surface area contributed by atoms with Crippen LogP contribution in [0.5, 0.6) is 0 Å². The van der Waals surface area contributed by atoms with Crippen molar-refractivity contribution in [1.29, 1.82) is 0 Å². The number of benzene rings is 2. The minimum atomic E-state index is -3.56. The highest BCUT2D eigenvalue weighted by Crippen LogP contribution is 2.26. The van der Waals surface area contributed by atoms with Crippen LogP contribution in [-0.2, 0) is 10.0 Å². The SMILES string of the molecule is Cc1cccc(N2CCN(S(=O)(=O)c3cccc4nsnc34)CC2)c1. The quantitative estimate of drug-likeness (QED) is 0.705. The van der Waals surface area contributed by atoms with E-state index in [1.54, 1.807) is 22.5 Å². The topological polar surface area (TPSA) is 66.4 Å². The number of piperazine rings is 1. The predicted octanol–water partition coefficient (Wildman–Crippen LogP) is 2.51. The molecule has 8 heteroatoms. The molecule has 1 fully saturated rings. The van der Waals surface area contributed by atoms with Crippen molar-refractivity contribution in [2.24, 2.45) is 0 Å². The number of hydrogen-bond acceptors (Lipinski definition) is 6. The van der Waals surface area contributed by atoms with Crippen molar-refractivity contribution in [1.82, 2.24) is 13.1 Å². The third-order valence-electron chi connectivity index (χ3n) is 4.47. The molecule has 1 aliphatic rings. The normalized spacial score (nSPS) is 16.4. The Morgan fingerprint density at radius 2 is 1.76 bits per heavy atom. The first-order valence-electron chi connectivity index (χ1n) is 8.09. The number of sulfonamides is 1. The average Bonchev–Trinajstić information content (AvgIpc) is 3.10. The maximum absolute atomic E-state index is 13.0. The molecule has 0 saturated carbocycles. The molecule has 0 amide bonds. The van der Waals surface area contributed by atoms with Crippen LogP contribution in [0.4, 0.5) is 5.69 Å². The van der Waals surface area contributed by atoms with Crippen LogP contribution in [-0.4, -0.2) is 47.6 Å². The third-order valence-corrected chi connectivity index (χ3v) is 6.95. The lowest BCUT2D eigenvalue weighted by molar-refractivity contribution is 0.385. The summed E-state index contributed by atoms with van der Waals surface area (Å²) in [6.07, 6.45) is 0. The first kappa shape index (κ1) is 16.4. The van der Waals surface area contributed by atoms with Gasteiger partial charge in [0.15, 0.2) is 0 Å². The van der Waals surface area contributed by atoms with Crippen molar-refractivity contribution in [3.63, 3.8) is 0 Å². The van der Waals surface area contributed by atoms with E-state index in [1.807, 2.05) is 6.07 Å². The van der Waals surface area contributed by atoms with Gasteiger partial charge in [0, 0.05) is 31.9 Å². The van der Waals surface area contributed by atoms with Crippen molar-refractivity contribution in [2.45, 2.75) is 11.8 Å². The first-order valence-corrected chi connectivity index (χ1v) is 10.3. The molecule has 4 rings (SSSR count). The second-order valence-corrected chi connectivity index (χ2v) is 8.55. The summed E-state index contributed by atoms with van der Waals surface area (Å²) < 4.78 is 35.9. The summed E-state index contributed by atoms with van der Waals surface area (Å²) in [5.74, 6) is 0. The fourth-order valence-electron chi connectivity index (χ4n) is 3.14. The molecule has 6 nitrogen and oxygen atoms in total. The summed E-state index contributed by atoms with van der Waals surface area (Å²) in [6.45, 7) is 4.34. The lowest BCUT2D eigenvalue weighted by atomic mass is 10.2.